The first-order valence-corrected chi connectivity index (χ1v) is 5.08. The van der Waals surface area contributed by atoms with Gasteiger partial charge < -0.3 is 14.9 Å². The van der Waals surface area contributed by atoms with E-state index in [1.54, 1.807) is 0 Å². The maximum atomic E-state index is 9.53. The van der Waals surface area contributed by atoms with Crippen LogP contribution in [-0.4, -0.2) is 22.9 Å². The van der Waals surface area contributed by atoms with Crippen LogP contribution in [0.25, 0.3) is 0 Å². The van der Waals surface area contributed by atoms with E-state index in [-0.39, 0.29) is 24.0 Å². The zero-order chi connectivity index (χ0) is 12.1. The molecule has 4 heteroatoms. The van der Waals surface area contributed by atoms with Gasteiger partial charge >= 0.3 is 0 Å². The molecule has 86 valence electrons. The van der Waals surface area contributed by atoms with Crippen LogP contribution in [0.4, 0.5) is 0 Å². The van der Waals surface area contributed by atoms with E-state index in [1.807, 2.05) is 19.9 Å². The molecule has 1 atom stereocenters. The van der Waals surface area contributed by atoms with Crippen molar-refractivity contribution in [2.45, 2.75) is 20.0 Å². The van der Waals surface area contributed by atoms with E-state index < -0.39 is 6.10 Å². The summed E-state index contributed by atoms with van der Waals surface area (Å²) in [4.78, 5) is 0. The number of rotatable bonds is 4. The average molecular weight is 221 g/mol. The van der Waals surface area contributed by atoms with Crippen molar-refractivity contribution >= 4 is 0 Å². The number of nitrogens with zero attached hydrogens (tertiary/aromatic N) is 1. The van der Waals surface area contributed by atoms with E-state index in [2.05, 4.69) is 0 Å². The summed E-state index contributed by atoms with van der Waals surface area (Å²) in [6.45, 7) is 3.85. The minimum absolute atomic E-state index is 0.0324. The summed E-state index contributed by atoms with van der Waals surface area (Å²) in [5.74, 6) is 0.273. The van der Waals surface area contributed by atoms with E-state index in [0.717, 1.165) is 0 Å². The van der Waals surface area contributed by atoms with Crippen molar-refractivity contribution in [2.75, 3.05) is 6.61 Å². The molecule has 1 unspecified atom stereocenters. The second-order valence-electron chi connectivity index (χ2n) is 3.92. The van der Waals surface area contributed by atoms with Gasteiger partial charge in [0.05, 0.1) is 17.7 Å². The third-order valence-corrected chi connectivity index (χ3v) is 2.27. The Kier molecular flexibility index (Phi) is 4.15. The summed E-state index contributed by atoms with van der Waals surface area (Å²) in [5.41, 5.74) is 0.409. The van der Waals surface area contributed by atoms with Crippen molar-refractivity contribution in [1.82, 2.24) is 0 Å². The zero-order valence-corrected chi connectivity index (χ0v) is 9.34. The van der Waals surface area contributed by atoms with Gasteiger partial charge in [-0.25, -0.2) is 0 Å². The fourth-order valence-electron chi connectivity index (χ4n) is 1.07. The number of aliphatic hydroxyl groups is 1. The number of phenolic OH excluding ortho intramolecular Hbond substituents is 1. The van der Waals surface area contributed by atoms with E-state index in [9.17, 15) is 10.2 Å². The number of nitriles is 1. The molecule has 0 aliphatic carbocycles. The molecule has 0 spiro atoms. The van der Waals surface area contributed by atoms with Crippen molar-refractivity contribution in [1.29, 1.82) is 5.26 Å². The van der Waals surface area contributed by atoms with Crippen molar-refractivity contribution in [3.8, 4) is 17.6 Å². The summed E-state index contributed by atoms with van der Waals surface area (Å²) >= 11 is 0. The van der Waals surface area contributed by atoms with Crippen LogP contribution in [0.3, 0.4) is 0 Å². The van der Waals surface area contributed by atoms with Crippen LogP contribution in [-0.2, 0) is 0 Å². The molecule has 1 rings (SSSR count). The maximum Gasteiger partial charge on any atom is 0.162 e. The predicted octanol–water partition coefficient (Wildman–Crippen LogP) is 1.66. The molecule has 1 aromatic rings. The van der Waals surface area contributed by atoms with E-state index in [4.69, 9.17) is 10.00 Å². The van der Waals surface area contributed by atoms with Gasteiger partial charge in [-0.3, -0.25) is 0 Å². The summed E-state index contributed by atoms with van der Waals surface area (Å²) in [6.07, 6.45) is -0.592. The normalized spacial score (nSPS) is 12.2. The van der Waals surface area contributed by atoms with E-state index in [0.29, 0.717) is 5.56 Å². The molecule has 0 bridgehead atoms. The molecule has 4 nitrogen and oxygen atoms in total. The Hall–Kier alpha value is -1.73. The molecule has 16 heavy (non-hydrogen) atoms. The van der Waals surface area contributed by atoms with Gasteiger partial charge in [0.25, 0.3) is 0 Å². The van der Waals surface area contributed by atoms with Crippen LogP contribution in [0.2, 0.25) is 0 Å². The number of hydrogen-bond acceptors (Lipinski definition) is 4. The van der Waals surface area contributed by atoms with Gasteiger partial charge in [-0.15, -0.1) is 0 Å². The standard InChI is InChI=1S/C12H15NO3/c1-8(2)11(15)7-16-12-5-9(6-13)3-4-10(12)14/h3-5,8,11,14-15H,7H2,1-2H3. The highest BCUT2D eigenvalue weighted by Gasteiger charge is 2.11. The summed E-state index contributed by atoms with van der Waals surface area (Å²) < 4.78 is 5.25. The Bertz CT molecular complexity index is 396. The molecule has 0 aliphatic rings. The molecule has 0 radical (unpaired) electrons. The molecule has 0 heterocycles. The van der Waals surface area contributed by atoms with E-state index in [1.165, 1.54) is 18.2 Å². The summed E-state index contributed by atoms with van der Waals surface area (Å²) in [5, 5.41) is 27.7. The molecule has 0 aromatic heterocycles. The van der Waals surface area contributed by atoms with Crippen LogP contribution < -0.4 is 4.74 Å². The first-order chi connectivity index (χ1) is 7.54. The van der Waals surface area contributed by atoms with Gasteiger partial charge in [-0.05, 0) is 18.1 Å². The summed E-state index contributed by atoms with van der Waals surface area (Å²) in [6, 6.07) is 6.30. The minimum atomic E-state index is -0.592. The highest BCUT2D eigenvalue weighted by atomic mass is 16.5. The van der Waals surface area contributed by atoms with Gasteiger partial charge in [-0.2, -0.15) is 5.26 Å². The van der Waals surface area contributed by atoms with Gasteiger partial charge in [0.2, 0.25) is 0 Å². The number of ether oxygens (including phenoxy) is 1. The van der Waals surface area contributed by atoms with Crippen molar-refractivity contribution in [3.05, 3.63) is 23.8 Å². The lowest BCUT2D eigenvalue weighted by Gasteiger charge is -2.15. The maximum absolute atomic E-state index is 9.53. The molecule has 0 fully saturated rings. The first-order valence-electron chi connectivity index (χ1n) is 5.08. The third-order valence-electron chi connectivity index (χ3n) is 2.27. The number of aliphatic hydroxyl groups excluding tert-OH is 1. The molecule has 0 aliphatic heterocycles. The first kappa shape index (κ1) is 12.3. The minimum Gasteiger partial charge on any atom is -0.504 e. The Labute approximate surface area is 94.7 Å². The Balaban J connectivity index is 2.70. The van der Waals surface area contributed by atoms with Gasteiger partial charge in [0.15, 0.2) is 11.5 Å². The number of phenols is 1. The number of benzene rings is 1. The fraction of sp³-hybridized carbons (Fsp3) is 0.417. The largest absolute Gasteiger partial charge is 0.504 e. The molecule has 2 N–H and O–H groups in total. The Morgan fingerprint density at radius 2 is 2.12 bits per heavy atom. The molecule has 0 amide bonds. The lowest BCUT2D eigenvalue weighted by atomic mass is 10.1. The second-order valence-corrected chi connectivity index (χ2v) is 3.92. The summed E-state index contributed by atoms with van der Waals surface area (Å²) in [7, 11) is 0. The molecular weight excluding hydrogens is 206 g/mol. The van der Waals surface area contributed by atoms with Gasteiger partial charge in [0, 0.05) is 6.07 Å². The SMILES string of the molecule is CC(C)C(O)COc1cc(C#N)ccc1O. The number of hydrogen-bond donors (Lipinski definition) is 2. The molecule has 0 saturated carbocycles. The highest BCUT2D eigenvalue weighted by Crippen LogP contribution is 2.26. The van der Waals surface area contributed by atoms with Crippen LogP contribution >= 0.6 is 0 Å². The quantitative estimate of drug-likeness (QED) is 0.810. The Morgan fingerprint density at radius 1 is 1.44 bits per heavy atom. The topological polar surface area (TPSA) is 73.5 Å². The number of aromatic hydroxyl groups is 1. The molecular formula is C12H15NO3. The van der Waals surface area contributed by atoms with E-state index >= 15 is 0 Å². The van der Waals surface area contributed by atoms with Crippen molar-refractivity contribution in [2.24, 2.45) is 5.92 Å². The van der Waals surface area contributed by atoms with Crippen molar-refractivity contribution < 1.29 is 14.9 Å². The second kappa shape index (κ2) is 5.38. The van der Waals surface area contributed by atoms with Crippen LogP contribution in [0, 0.1) is 17.2 Å². The van der Waals surface area contributed by atoms with Crippen molar-refractivity contribution in [3.63, 3.8) is 0 Å². The predicted molar refractivity (Wildman–Crippen MR) is 59.2 cm³/mol. The van der Waals surface area contributed by atoms with Crippen LogP contribution in [0.15, 0.2) is 18.2 Å². The molecule has 1 aromatic carbocycles. The average Bonchev–Trinajstić information content (AvgIpc) is 2.27. The Morgan fingerprint density at radius 3 is 2.69 bits per heavy atom. The smallest absolute Gasteiger partial charge is 0.162 e. The highest BCUT2D eigenvalue weighted by molar-refractivity contribution is 5.45. The van der Waals surface area contributed by atoms with Gasteiger partial charge in [-0.1, -0.05) is 13.8 Å². The zero-order valence-electron chi connectivity index (χ0n) is 9.34. The monoisotopic (exact) mass is 221 g/mol. The lowest BCUT2D eigenvalue weighted by molar-refractivity contribution is 0.0690. The van der Waals surface area contributed by atoms with Gasteiger partial charge in [0.1, 0.15) is 6.61 Å². The fourth-order valence-corrected chi connectivity index (χ4v) is 1.07. The van der Waals surface area contributed by atoms with Crippen LogP contribution in [0.5, 0.6) is 11.5 Å². The lowest BCUT2D eigenvalue weighted by Crippen LogP contribution is -2.23. The third kappa shape index (κ3) is 3.14. The molecule has 0 saturated heterocycles. The van der Waals surface area contributed by atoms with Crippen LogP contribution in [0.1, 0.15) is 19.4 Å².